The number of likely N-dealkylation sites (tertiary alicyclic amines) is 1. The van der Waals surface area contributed by atoms with Gasteiger partial charge in [0.2, 0.25) is 5.91 Å². The largest absolute Gasteiger partial charge is 0.391 e. The maximum Gasteiger partial charge on any atom is 0.242 e. The van der Waals surface area contributed by atoms with Gasteiger partial charge in [-0.1, -0.05) is 0 Å². The third kappa shape index (κ3) is 5.11. The number of pyridine rings is 1. The molecule has 0 bridgehead atoms. The quantitative estimate of drug-likeness (QED) is 0.334. The molecule has 0 spiro atoms. The van der Waals surface area contributed by atoms with E-state index in [0.29, 0.717) is 25.4 Å². The van der Waals surface area contributed by atoms with Crippen LogP contribution in [0.4, 0.5) is 11.5 Å². The number of piperidine rings is 2. The van der Waals surface area contributed by atoms with Gasteiger partial charge in [-0.2, -0.15) is 5.26 Å². The van der Waals surface area contributed by atoms with Crippen molar-refractivity contribution in [2.24, 2.45) is 11.8 Å². The molecule has 5 rings (SSSR count). The summed E-state index contributed by atoms with van der Waals surface area (Å²) in [6.07, 6.45) is 5.62. The number of anilines is 2. The van der Waals surface area contributed by atoms with Gasteiger partial charge in [0.25, 0.3) is 0 Å². The van der Waals surface area contributed by atoms with Crippen molar-refractivity contribution in [1.29, 1.82) is 5.26 Å². The first kappa shape index (κ1) is 23.3. The number of aromatic nitrogens is 1. The minimum Gasteiger partial charge on any atom is -0.391 e. The molecule has 0 aliphatic carbocycles. The first-order valence-electron chi connectivity index (χ1n) is 12.4. The molecule has 11 heteroatoms. The monoisotopic (exact) mass is 469 g/mol. The second-order valence-electron chi connectivity index (χ2n) is 9.85. The number of rotatable bonds is 5. The molecule has 5 unspecified atom stereocenters. The Morgan fingerprint density at radius 1 is 1.21 bits per heavy atom. The van der Waals surface area contributed by atoms with Gasteiger partial charge >= 0.3 is 0 Å². The molecule has 184 valence electrons. The topological polar surface area (TPSA) is 141 Å². The molecule has 4 aliphatic heterocycles. The van der Waals surface area contributed by atoms with Crippen LogP contribution in [0.1, 0.15) is 32.1 Å². The first-order chi connectivity index (χ1) is 16.6. The minimum atomic E-state index is -0.301. The van der Waals surface area contributed by atoms with Crippen LogP contribution in [-0.4, -0.2) is 78.2 Å². The number of carbonyl (C=O) groups excluding carboxylic acids is 1. The molecule has 1 aromatic rings. The molecule has 34 heavy (non-hydrogen) atoms. The van der Waals surface area contributed by atoms with Crippen molar-refractivity contribution in [3.63, 3.8) is 0 Å². The third-order valence-corrected chi connectivity index (χ3v) is 7.52. The second-order valence-corrected chi connectivity index (χ2v) is 9.85. The number of amides is 1. The number of hydrazine groups is 1. The summed E-state index contributed by atoms with van der Waals surface area (Å²) in [5.74, 6) is 0.995. The van der Waals surface area contributed by atoms with Gasteiger partial charge in [-0.25, -0.2) is 10.4 Å². The number of carbonyl (C=O) groups is 1. The highest BCUT2D eigenvalue weighted by Gasteiger charge is 2.45. The predicted molar refractivity (Wildman–Crippen MR) is 127 cm³/mol. The average Bonchev–Trinajstić information content (AvgIpc) is 2.85. The number of hydrogen-bond acceptors (Lipinski definition) is 10. The smallest absolute Gasteiger partial charge is 0.242 e. The van der Waals surface area contributed by atoms with Crippen molar-refractivity contribution in [3.05, 3.63) is 18.3 Å². The molecule has 5 heterocycles. The summed E-state index contributed by atoms with van der Waals surface area (Å²) in [6.45, 7) is 3.99. The zero-order chi connectivity index (χ0) is 23.5. The fourth-order valence-electron chi connectivity index (χ4n) is 5.60. The van der Waals surface area contributed by atoms with Crippen LogP contribution >= 0.6 is 0 Å². The van der Waals surface area contributed by atoms with Gasteiger partial charge in [-0.15, -0.1) is 0 Å². The SMILES string of the molecule is N#CCC1CCN(C2NC3CNNC(=O)C3C(Nc3ccc(N4CCCC(O)C4)nc3)N2)CC1. The van der Waals surface area contributed by atoms with Crippen molar-refractivity contribution in [2.45, 2.75) is 56.7 Å². The number of nitrogens with one attached hydrogen (secondary N) is 5. The van der Waals surface area contributed by atoms with Gasteiger partial charge in [-0.05, 0) is 43.7 Å². The van der Waals surface area contributed by atoms with Crippen molar-refractivity contribution in [2.75, 3.05) is 42.9 Å². The van der Waals surface area contributed by atoms with Gasteiger partial charge in [0.1, 0.15) is 12.1 Å². The minimum absolute atomic E-state index is 0.0172. The van der Waals surface area contributed by atoms with E-state index in [1.165, 1.54) is 0 Å². The molecule has 4 saturated heterocycles. The van der Waals surface area contributed by atoms with E-state index in [9.17, 15) is 9.90 Å². The summed E-state index contributed by atoms with van der Waals surface area (Å²) >= 11 is 0. The van der Waals surface area contributed by atoms with E-state index < -0.39 is 0 Å². The Morgan fingerprint density at radius 3 is 2.79 bits per heavy atom. The van der Waals surface area contributed by atoms with Gasteiger partial charge in [-0.3, -0.25) is 25.8 Å². The van der Waals surface area contributed by atoms with Crippen LogP contribution < -0.4 is 31.7 Å². The highest BCUT2D eigenvalue weighted by molar-refractivity contribution is 5.81. The number of nitrogens with zero attached hydrogens (tertiary/aromatic N) is 4. The van der Waals surface area contributed by atoms with Gasteiger partial charge < -0.3 is 15.3 Å². The molecule has 4 fully saturated rings. The maximum absolute atomic E-state index is 12.7. The van der Waals surface area contributed by atoms with Crippen molar-refractivity contribution < 1.29 is 9.90 Å². The predicted octanol–water partition coefficient (Wildman–Crippen LogP) is -0.498. The fourth-order valence-corrected chi connectivity index (χ4v) is 5.60. The van der Waals surface area contributed by atoms with E-state index in [4.69, 9.17) is 5.26 Å². The Morgan fingerprint density at radius 2 is 2.06 bits per heavy atom. The molecule has 1 aromatic heterocycles. The summed E-state index contributed by atoms with van der Waals surface area (Å²) in [6, 6.07) is 6.24. The van der Waals surface area contributed by atoms with Crippen molar-refractivity contribution >= 4 is 17.4 Å². The molecule has 5 atom stereocenters. The number of aliphatic hydroxyl groups excluding tert-OH is 1. The van der Waals surface area contributed by atoms with Gasteiger partial charge in [0.05, 0.1) is 36.1 Å². The maximum atomic E-state index is 12.7. The van der Waals surface area contributed by atoms with Crippen LogP contribution in [-0.2, 0) is 4.79 Å². The van der Waals surface area contributed by atoms with E-state index in [1.807, 2.05) is 12.1 Å². The molecule has 1 amide bonds. The molecule has 4 aliphatic rings. The molecule has 0 aromatic carbocycles. The molecule has 0 saturated carbocycles. The molecule has 11 nitrogen and oxygen atoms in total. The Bertz CT molecular complexity index is 883. The number of nitriles is 1. The summed E-state index contributed by atoms with van der Waals surface area (Å²) < 4.78 is 0. The van der Waals surface area contributed by atoms with Gasteiger partial charge in [0, 0.05) is 45.2 Å². The van der Waals surface area contributed by atoms with E-state index >= 15 is 0 Å². The fraction of sp³-hybridized carbons (Fsp3) is 0.696. The molecule has 0 radical (unpaired) electrons. The van der Waals surface area contributed by atoms with Crippen LogP contribution in [0.2, 0.25) is 0 Å². The van der Waals surface area contributed by atoms with Crippen LogP contribution in [0.3, 0.4) is 0 Å². The summed E-state index contributed by atoms with van der Waals surface area (Å²) in [4.78, 5) is 21.8. The van der Waals surface area contributed by atoms with Crippen LogP contribution in [0, 0.1) is 23.2 Å². The number of fused-ring (bicyclic) bond motifs is 1. The highest BCUT2D eigenvalue weighted by Crippen LogP contribution is 2.26. The molecular weight excluding hydrogens is 434 g/mol. The standard InChI is InChI=1S/C23H35N9O2/c24-8-5-15-6-10-31(11-7-15)23-28-18-13-26-30-22(34)20(18)21(29-23)27-16-3-4-19(25-12-16)32-9-1-2-17(33)14-32/h3-4,12,15,17-18,20-21,23,26-29,33H,1-2,5-7,9-11,13-14H2,(H,30,34). The first-order valence-corrected chi connectivity index (χ1v) is 12.4. The van der Waals surface area contributed by atoms with Crippen LogP contribution in [0.15, 0.2) is 18.3 Å². The normalized spacial score (nSPS) is 33.0. The average molecular weight is 470 g/mol. The van der Waals surface area contributed by atoms with E-state index in [1.54, 1.807) is 6.20 Å². The van der Waals surface area contributed by atoms with E-state index in [2.05, 4.69) is 47.7 Å². The summed E-state index contributed by atoms with van der Waals surface area (Å²) in [5, 5.41) is 29.7. The lowest BCUT2D eigenvalue weighted by Crippen LogP contribution is -2.77. The lowest BCUT2D eigenvalue weighted by atomic mass is 9.90. The number of β-amino-alcohol motifs (C(OH)–C–C–N with tert-alkyl or cyclic N) is 1. The van der Waals surface area contributed by atoms with Crippen LogP contribution in [0.5, 0.6) is 0 Å². The lowest BCUT2D eigenvalue weighted by Gasteiger charge is -2.49. The third-order valence-electron chi connectivity index (χ3n) is 7.52. The van der Waals surface area contributed by atoms with Crippen molar-refractivity contribution in [1.82, 2.24) is 31.4 Å². The zero-order valence-electron chi connectivity index (χ0n) is 19.4. The molecule has 6 N–H and O–H groups in total. The summed E-state index contributed by atoms with van der Waals surface area (Å²) in [7, 11) is 0. The van der Waals surface area contributed by atoms with Gasteiger partial charge in [0.15, 0.2) is 0 Å². The highest BCUT2D eigenvalue weighted by atomic mass is 16.3. The Hall–Kier alpha value is -2.49. The van der Waals surface area contributed by atoms with Crippen LogP contribution in [0.25, 0.3) is 0 Å². The Labute approximate surface area is 200 Å². The molecular formula is C23H35N9O2. The second kappa shape index (κ2) is 10.4. The number of aliphatic hydroxyl groups is 1. The number of hydrogen-bond donors (Lipinski definition) is 6. The zero-order valence-corrected chi connectivity index (χ0v) is 19.4. The summed E-state index contributed by atoms with van der Waals surface area (Å²) in [5.41, 5.74) is 6.62. The lowest BCUT2D eigenvalue weighted by molar-refractivity contribution is -0.132. The Kier molecular flexibility index (Phi) is 7.12. The Balaban J connectivity index is 1.27. The van der Waals surface area contributed by atoms with E-state index in [-0.39, 0.29) is 36.4 Å². The van der Waals surface area contributed by atoms with E-state index in [0.717, 1.165) is 56.8 Å². The van der Waals surface area contributed by atoms with Crippen molar-refractivity contribution in [3.8, 4) is 6.07 Å².